The van der Waals surface area contributed by atoms with Crippen molar-refractivity contribution in [1.29, 1.82) is 0 Å². The van der Waals surface area contributed by atoms with Gasteiger partial charge in [-0.2, -0.15) is 0 Å². The number of halogens is 2. The van der Waals surface area contributed by atoms with Gasteiger partial charge in [0.15, 0.2) is 0 Å². The molecule has 0 saturated carbocycles. The maximum atomic E-state index is 11.0. The minimum absolute atomic E-state index is 0.151. The summed E-state index contributed by atoms with van der Waals surface area (Å²) in [5, 5.41) is 0. The Morgan fingerprint density at radius 3 is 2.42 bits per heavy atom. The fourth-order valence-corrected chi connectivity index (χ4v) is 2.57. The van der Waals surface area contributed by atoms with Gasteiger partial charge in [0, 0.05) is 15.2 Å². The lowest BCUT2D eigenvalue weighted by Gasteiger charge is -2.00. The lowest BCUT2D eigenvalue weighted by atomic mass is 10.2. The molecule has 5 heteroatoms. The Labute approximate surface area is 84.1 Å². The Morgan fingerprint density at radius 1 is 1.42 bits per heavy atom. The van der Waals surface area contributed by atoms with Crippen LogP contribution in [0.4, 0.5) is 0 Å². The molecule has 0 N–H and O–H groups in total. The van der Waals surface area contributed by atoms with Crippen LogP contribution in [0.25, 0.3) is 0 Å². The molecule has 0 aliphatic heterocycles. The van der Waals surface area contributed by atoms with Gasteiger partial charge in [-0.3, -0.25) is 0 Å². The fourth-order valence-electron chi connectivity index (χ4n) is 0.837. The van der Waals surface area contributed by atoms with Crippen LogP contribution in [0.2, 0.25) is 0 Å². The average molecular weight is 270 g/mol. The van der Waals surface area contributed by atoms with Gasteiger partial charge in [0.1, 0.15) is 0 Å². The summed E-state index contributed by atoms with van der Waals surface area (Å²) < 4.78 is 22.6. The molecule has 0 amide bonds. The van der Waals surface area contributed by atoms with E-state index in [4.69, 9.17) is 10.7 Å². The van der Waals surface area contributed by atoms with Crippen LogP contribution >= 0.6 is 26.6 Å². The molecule has 0 radical (unpaired) electrons. The van der Waals surface area contributed by atoms with E-state index in [1.165, 1.54) is 6.07 Å². The van der Waals surface area contributed by atoms with E-state index in [0.717, 1.165) is 0 Å². The van der Waals surface area contributed by atoms with Crippen LogP contribution in [0.1, 0.15) is 5.56 Å². The molecular formula is C7H6BrClO2S. The highest BCUT2D eigenvalue weighted by Gasteiger charge is 2.12. The first-order chi connectivity index (χ1) is 5.41. The molecule has 0 aliphatic rings. The predicted octanol–water partition coefficient (Wildman–Crippen LogP) is 2.69. The first-order valence-electron chi connectivity index (χ1n) is 3.12. The van der Waals surface area contributed by atoms with Crippen LogP contribution < -0.4 is 0 Å². The first kappa shape index (κ1) is 10.0. The maximum absolute atomic E-state index is 11.0. The van der Waals surface area contributed by atoms with Gasteiger partial charge in [-0.15, -0.1) is 0 Å². The van der Waals surface area contributed by atoms with Gasteiger partial charge in [0.2, 0.25) is 0 Å². The van der Waals surface area contributed by atoms with Gasteiger partial charge < -0.3 is 0 Å². The summed E-state index contributed by atoms with van der Waals surface area (Å²) in [6.07, 6.45) is 0. The summed E-state index contributed by atoms with van der Waals surface area (Å²) in [4.78, 5) is 0.151. The largest absolute Gasteiger partial charge is 0.261 e. The number of benzene rings is 1. The van der Waals surface area contributed by atoms with Gasteiger partial charge in [-0.05, 0) is 24.6 Å². The molecule has 0 aromatic heterocycles. The topological polar surface area (TPSA) is 34.1 Å². The molecule has 1 aromatic rings. The molecule has 0 saturated heterocycles. The monoisotopic (exact) mass is 268 g/mol. The second-order valence-corrected chi connectivity index (χ2v) is 5.80. The standard InChI is InChI=1S/C7H6BrClO2S/c1-5-2-3-6(8)4-7(5)12(9,10)11/h2-4H,1H3. The third kappa shape index (κ3) is 2.21. The lowest BCUT2D eigenvalue weighted by molar-refractivity contribution is 0.609. The summed E-state index contributed by atoms with van der Waals surface area (Å²) >= 11 is 3.17. The second kappa shape index (κ2) is 3.36. The van der Waals surface area contributed by atoms with E-state index in [-0.39, 0.29) is 4.90 Å². The molecule has 0 heterocycles. The molecule has 12 heavy (non-hydrogen) atoms. The van der Waals surface area contributed by atoms with Crippen LogP contribution in [0.15, 0.2) is 27.6 Å². The Hall–Kier alpha value is -0.0600. The summed E-state index contributed by atoms with van der Waals surface area (Å²) in [6.45, 7) is 1.70. The quantitative estimate of drug-likeness (QED) is 0.735. The van der Waals surface area contributed by atoms with Crippen LogP contribution in [-0.2, 0) is 9.05 Å². The van der Waals surface area contributed by atoms with Crippen molar-refractivity contribution in [2.24, 2.45) is 0 Å². The SMILES string of the molecule is Cc1ccc(Br)cc1S(=O)(=O)Cl. The Balaban J connectivity index is 3.43. The zero-order valence-corrected chi connectivity index (χ0v) is 9.37. The fraction of sp³-hybridized carbons (Fsp3) is 0.143. The zero-order valence-electron chi connectivity index (χ0n) is 6.21. The van der Waals surface area contributed by atoms with E-state index in [1.54, 1.807) is 19.1 Å². The number of aryl methyl sites for hydroxylation is 1. The van der Waals surface area contributed by atoms with E-state index in [0.29, 0.717) is 10.0 Å². The number of hydrogen-bond donors (Lipinski definition) is 0. The van der Waals surface area contributed by atoms with E-state index in [9.17, 15) is 8.42 Å². The molecule has 0 spiro atoms. The highest BCUT2D eigenvalue weighted by Crippen LogP contribution is 2.23. The lowest BCUT2D eigenvalue weighted by Crippen LogP contribution is -1.93. The van der Waals surface area contributed by atoms with Crippen molar-refractivity contribution in [2.45, 2.75) is 11.8 Å². The first-order valence-corrected chi connectivity index (χ1v) is 6.22. The van der Waals surface area contributed by atoms with Crippen LogP contribution in [0.3, 0.4) is 0 Å². The van der Waals surface area contributed by atoms with Crippen molar-refractivity contribution in [3.63, 3.8) is 0 Å². The second-order valence-electron chi connectivity index (χ2n) is 2.35. The highest BCUT2D eigenvalue weighted by atomic mass is 79.9. The van der Waals surface area contributed by atoms with Crippen molar-refractivity contribution < 1.29 is 8.42 Å². The highest BCUT2D eigenvalue weighted by molar-refractivity contribution is 9.10. The van der Waals surface area contributed by atoms with Gasteiger partial charge in [0.25, 0.3) is 9.05 Å². The van der Waals surface area contributed by atoms with Gasteiger partial charge in [0.05, 0.1) is 4.90 Å². The molecule has 0 aliphatic carbocycles. The average Bonchev–Trinajstić information content (AvgIpc) is 1.92. The minimum Gasteiger partial charge on any atom is -0.207 e. The van der Waals surface area contributed by atoms with Gasteiger partial charge >= 0.3 is 0 Å². The van der Waals surface area contributed by atoms with E-state index in [1.807, 2.05) is 0 Å². The third-order valence-electron chi connectivity index (χ3n) is 1.41. The molecule has 1 aromatic carbocycles. The normalized spacial score (nSPS) is 11.6. The molecule has 0 atom stereocenters. The van der Waals surface area contributed by atoms with E-state index < -0.39 is 9.05 Å². The van der Waals surface area contributed by atoms with Crippen molar-refractivity contribution in [3.8, 4) is 0 Å². The summed E-state index contributed by atoms with van der Waals surface area (Å²) in [7, 11) is 1.57. The summed E-state index contributed by atoms with van der Waals surface area (Å²) in [5.41, 5.74) is 0.646. The third-order valence-corrected chi connectivity index (χ3v) is 3.37. The molecule has 1 rings (SSSR count). The van der Waals surface area contributed by atoms with Crippen molar-refractivity contribution in [1.82, 2.24) is 0 Å². The van der Waals surface area contributed by atoms with Crippen LogP contribution in [-0.4, -0.2) is 8.42 Å². The molecule has 2 nitrogen and oxygen atoms in total. The maximum Gasteiger partial charge on any atom is 0.261 e. The van der Waals surface area contributed by atoms with Gasteiger partial charge in [-0.1, -0.05) is 22.0 Å². The van der Waals surface area contributed by atoms with E-state index in [2.05, 4.69) is 15.9 Å². The molecule has 0 unspecified atom stereocenters. The van der Waals surface area contributed by atoms with Crippen molar-refractivity contribution in [2.75, 3.05) is 0 Å². The van der Waals surface area contributed by atoms with Crippen LogP contribution in [0.5, 0.6) is 0 Å². The molecule has 0 fully saturated rings. The zero-order chi connectivity index (χ0) is 9.35. The Kier molecular flexibility index (Phi) is 2.81. The predicted molar refractivity (Wildman–Crippen MR) is 51.9 cm³/mol. The summed E-state index contributed by atoms with van der Waals surface area (Å²) in [5.74, 6) is 0. The molecule has 66 valence electrons. The van der Waals surface area contributed by atoms with Crippen molar-refractivity contribution in [3.05, 3.63) is 28.2 Å². The van der Waals surface area contributed by atoms with Gasteiger partial charge in [-0.25, -0.2) is 8.42 Å². The summed E-state index contributed by atoms with van der Waals surface area (Å²) in [6, 6.07) is 4.94. The van der Waals surface area contributed by atoms with Crippen molar-refractivity contribution >= 4 is 35.7 Å². The Bertz CT molecular complexity index is 400. The van der Waals surface area contributed by atoms with E-state index >= 15 is 0 Å². The van der Waals surface area contributed by atoms with Crippen LogP contribution in [0, 0.1) is 6.92 Å². The number of rotatable bonds is 1. The minimum atomic E-state index is -3.61. The number of hydrogen-bond acceptors (Lipinski definition) is 2. The molecular weight excluding hydrogens is 263 g/mol. The Morgan fingerprint density at radius 2 is 2.00 bits per heavy atom. The molecule has 0 bridgehead atoms. The smallest absolute Gasteiger partial charge is 0.207 e.